The van der Waals surface area contributed by atoms with Crippen LogP contribution in [0.1, 0.15) is 42.5 Å². The highest BCUT2D eigenvalue weighted by Gasteiger charge is 2.35. The molecular formula is C15H20N2O2. The fourth-order valence-electron chi connectivity index (χ4n) is 3.74. The summed E-state index contributed by atoms with van der Waals surface area (Å²) in [6, 6.07) is 5.90. The van der Waals surface area contributed by atoms with Gasteiger partial charge >= 0.3 is 5.97 Å². The van der Waals surface area contributed by atoms with Crippen LogP contribution in [0.4, 0.5) is 11.4 Å². The molecule has 0 bridgehead atoms. The number of fused-ring (bicyclic) bond motifs is 1. The van der Waals surface area contributed by atoms with Crippen LogP contribution < -0.4 is 10.6 Å². The number of anilines is 2. The molecule has 0 amide bonds. The summed E-state index contributed by atoms with van der Waals surface area (Å²) in [4.78, 5) is 13.5. The third kappa shape index (κ3) is 2.05. The summed E-state index contributed by atoms with van der Waals surface area (Å²) in [5, 5.41) is 9.18. The Labute approximate surface area is 113 Å². The lowest BCUT2D eigenvalue weighted by atomic mass is 9.91. The van der Waals surface area contributed by atoms with E-state index in [-0.39, 0.29) is 5.56 Å². The first-order valence-electron chi connectivity index (χ1n) is 7.07. The summed E-state index contributed by atoms with van der Waals surface area (Å²) < 4.78 is 0. The second-order valence-corrected chi connectivity index (χ2v) is 5.64. The zero-order valence-corrected chi connectivity index (χ0v) is 11.0. The van der Waals surface area contributed by atoms with Crippen LogP contribution in [0.2, 0.25) is 0 Å². The first kappa shape index (κ1) is 12.3. The van der Waals surface area contributed by atoms with Crippen molar-refractivity contribution in [2.45, 2.75) is 38.1 Å². The van der Waals surface area contributed by atoms with Crippen molar-refractivity contribution in [2.75, 3.05) is 17.2 Å². The average molecular weight is 260 g/mol. The Bertz CT molecular complexity index is 501. The Morgan fingerprint density at radius 2 is 2.05 bits per heavy atom. The van der Waals surface area contributed by atoms with Crippen molar-refractivity contribution in [3.05, 3.63) is 23.8 Å². The molecule has 4 heteroatoms. The normalized spacial score (nSPS) is 26.2. The molecule has 3 N–H and O–H groups in total. The Balaban J connectivity index is 1.97. The summed E-state index contributed by atoms with van der Waals surface area (Å²) in [6.45, 7) is 0.994. The molecule has 2 atom stereocenters. The van der Waals surface area contributed by atoms with Gasteiger partial charge in [-0.3, -0.25) is 0 Å². The van der Waals surface area contributed by atoms with Gasteiger partial charge in [-0.05, 0) is 43.7 Å². The molecule has 2 aliphatic rings. The number of benzene rings is 1. The summed E-state index contributed by atoms with van der Waals surface area (Å²) in [7, 11) is 0. The smallest absolute Gasteiger partial charge is 0.337 e. The van der Waals surface area contributed by atoms with E-state index in [0.29, 0.717) is 11.7 Å². The minimum Gasteiger partial charge on any atom is -0.478 e. The molecule has 2 unspecified atom stereocenters. The number of rotatable bonds is 2. The number of carbonyl (C=O) groups is 1. The fraction of sp³-hybridized carbons (Fsp3) is 0.533. The highest BCUT2D eigenvalue weighted by atomic mass is 16.4. The van der Waals surface area contributed by atoms with Crippen molar-refractivity contribution >= 4 is 17.3 Å². The molecule has 0 spiro atoms. The number of nitrogens with two attached hydrogens (primary N) is 1. The summed E-state index contributed by atoms with van der Waals surface area (Å²) in [5.41, 5.74) is 7.63. The summed E-state index contributed by atoms with van der Waals surface area (Å²) in [6.07, 6.45) is 6.28. The van der Waals surface area contributed by atoms with E-state index in [1.807, 2.05) is 6.07 Å². The third-order valence-corrected chi connectivity index (χ3v) is 4.62. The van der Waals surface area contributed by atoms with Crippen molar-refractivity contribution in [1.82, 2.24) is 0 Å². The van der Waals surface area contributed by atoms with Gasteiger partial charge in [-0.2, -0.15) is 0 Å². The lowest BCUT2D eigenvalue weighted by molar-refractivity contribution is 0.0698. The molecule has 19 heavy (non-hydrogen) atoms. The number of nitrogens with zero attached hydrogens (tertiary/aromatic N) is 1. The van der Waals surface area contributed by atoms with Crippen molar-refractivity contribution in [3.63, 3.8) is 0 Å². The van der Waals surface area contributed by atoms with Crippen molar-refractivity contribution < 1.29 is 9.90 Å². The van der Waals surface area contributed by atoms with E-state index in [4.69, 9.17) is 5.73 Å². The number of hydrogen-bond donors (Lipinski definition) is 2. The Morgan fingerprint density at radius 3 is 2.84 bits per heavy atom. The van der Waals surface area contributed by atoms with Crippen LogP contribution in [0.25, 0.3) is 0 Å². The third-order valence-electron chi connectivity index (χ3n) is 4.62. The van der Waals surface area contributed by atoms with Gasteiger partial charge in [-0.1, -0.05) is 12.5 Å². The molecule has 3 rings (SSSR count). The van der Waals surface area contributed by atoms with E-state index in [1.165, 1.54) is 32.1 Å². The first-order chi connectivity index (χ1) is 9.18. The van der Waals surface area contributed by atoms with Gasteiger partial charge < -0.3 is 15.7 Å². The van der Waals surface area contributed by atoms with Gasteiger partial charge in [0, 0.05) is 12.6 Å². The molecule has 1 saturated carbocycles. The molecule has 1 aliphatic carbocycles. The van der Waals surface area contributed by atoms with Gasteiger partial charge in [-0.25, -0.2) is 4.79 Å². The SMILES string of the molecule is Nc1c(C(=O)O)cccc1N1CCCC2CCCC21. The summed E-state index contributed by atoms with van der Waals surface area (Å²) >= 11 is 0. The molecule has 1 heterocycles. The number of nitrogen functional groups attached to an aromatic ring is 1. The average Bonchev–Trinajstić information content (AvgIpc) is 2.87. The van der Waals surface area contributed by atoms with Crippen LogP contribution in [-0.4, -0.2) is 23.7 Å². The molecular weight excluding hydrogens is 240 g/mol. The minimum atomic E-state index is -0.945. The van der Waals surface area contributed by atoms with E-state index in [9.17, 15) is 9.90 Å². The first-order valence-corrected chi connectivity index (χ1v) is 7.07. The van der Waals surface area contributed by atoms with E-state index >= 15 is 0 Å². The lowest BCUT2D eigenvalue weighted by Crippen LogP contribution is -2.43. The lowest BCUT2D eigenvalue weighted by Gasteiger charge is -2.40. The second-order valence-electron chi connectivity index (χ2n) is 5.64. The highest BCUT2D eigenvalue weighted by Crippen LogP contribution is 2.41. The van der Waals surface area contributed by atoms with Gasteiger partial charge in [0.25, 0.3) is 0 Å². The van der Waals surface area contributed by atoms with Gasteiger partial charge in [0.1, 0.15) is 0 Å². The zero-order valence-electron chi connectivity index (χ0n) is 11.0. The Hall–Kier alpha value is -1.71. The minimum absolute atomic E-state index is 0.220. The van der Waals surface area contributed by atoms with E-state index in [0.717, 1.165) is 18.2 Å². The van der Waals surface area contributed by atoms with E-state index in [1.54, 1.807) is 12.1 Å². The Morgan fingerprint density at radius 1 is 1.26 bits per heavy atom. The number of piperidine rings is 1. The van der Waals surface area contributed by atoms with E-state index < -0.39 is 5.97 Å². The van der Waals surface area contributed by atoms with Crippen LogP contribution in [0.15, 0.2) is 18.2 Å². The monoisotopic (exact) mass is 260 g/mol. The second kappa shape index (κ2) is 4.76. The summed E-state index contributed by atoms with van der Waals surface area (Å²) in [5.74, 6) is -0.180. The predicted molar refractivity (Wildman–Crippen MR) is 75.5 cm³/mol. The van der Waals surface area contributed by atoms with Crippen LogP contribution in [0.5, 0.6) is 0 Å². The van der Waals surface area contributed by atoms with E-state index in [2.05, 4.69) is 4.90 Å². The van der Waals surface area contributed by atoms with Gasteiger partial charge in [-0.15, -0.1) is 0 Å². The molecule has 0 aromatic heterocycles. The van der Waals surface area contributed by atoms with Crippen LogP contribution in [-0.2, 0) is 0 Å². The predicted octanol–water partition coefficient (Wildman–Crippen LogP) is 2.74. The molecule has 2 fully saturated rings. The largest absolute Gasteiger partial charge is 0.478 e. The van der Waals surface area contributed by atoms with Crippen LogP contribution in [0, 0.1) is 5.92 Å². The maximum Gasteiger partial charge on any atom is 0.337 e. The maximum absolute atomic E-state index is 11.2. The van der Waals surface area contributed by atoms with Crippen molar-refractivity contribution in [1.29, 1.82) is 0 Å². The topological polar surface area (TPSA) is 66.6 Å². The zero-order chi connectivity index (χ0) is 13.4. The molecule has 1 aromatic rings. The number of para-hydroxylation sites is 1. The Kier molecular flexibility index (Phi) is 3.09. The van der Waals surface area contributed by atoms with Gasteiger partial charge in [0.2, 0.25) is 0 Å². The number of carboxylic acids is 1. The molecule has 4 nitrogen and oxygen atoms in total. The fourth-order valence-corrected chi connectivity index (χ4v) is 3.74. The number of aromatic carboxylic acids is 1. The molecule has 1 aliphatic heterocycles. The van der Waals surface area contributed by atoms with Crippen LogP contribution in [0.3, 0.4) is 0 Å². The quantitative estimate of drug-likeness (QED) is 0.802. The van der Waals surface area contributed by atoms with Gasteiger partial charge in [0.05, 0.1) is 16.9 Å². The number of hydrogen-bond acceptors (Lipinski definition) is 3. The van der Waals surface area contributed by atoms with Crippen molar-refractivity contribution in [2.24, 2.45) is 5.92 Å². The van der Waals surface area contributed by atoms with Gasteiger partial charge in [0.15, 0.2) is 0 Å². The molecule has 1 saturated heterocycles. The standard InChI is InChI=1S/C15H20N2O2/c16-14-11(15(18)19)6-2-8-13(14)17-9-3-5-10-4-1-7-12(10)17/h2,6,8,10,12H,1,3-5,7,9,16H2,(H,18,19). The molecule has 102 valence electrons. The highest BCUT2D eigenvalue weighted by molar-refractivity contribution is 5.97. The van der Waals surface area contributed by atoms with Crippen LogP contribution >= 0.6 is 0 Å². The molecule has 0 radical (unpaired) electrons. The van der Waals surface area contributed by atoms with Crippen molar-refractivity contribution in [3.8, 4) is 0 Å². The maximum atomic E-state index is 11.2. The number of carboxylic acid groups (broad SMARTS) is 1. The molecule has 1 aromatic carbocycles.